The number of aromatic nitrogens is 1. The third-order valence-electron chi connectivity index (χ3n) is 5.37. The molecule has 0 bridgehead atoms. The SMILES string of the molecule is CCCOc1ccc(C2C(C(=O)C=Cc3ccccc3)=C(O)C(=O)N2c2nccs2)cc1OCC. The molecular formula is C27H26N2O5S. The van der Waals surface area contributed by atoms with Gasteiger partial charge in [-0.05, 0) is 42.7 Å². The molecule has 1 aromatic heterocycles. The van der Waals surface area contributed by atoms with Gasteiger partial charge in [0.1, 0.15) is 0 Å². The maximum absolute atomic E-state index is 13.3. The molecule has 180 valence electrons. The van der Waals surface area contributed by atoms with Crippen LogP contribution in [0.1, 0.15) is 37.4 Å². The van der Waals surface area contributed by atoms with Crippen molar-refractivity contribution < 1.29 is 24.2 Å². The molecule has 1 amide bonds. The minimum atomic E-state index is -0.874. The van der Waals surface area contributed by atoms with Gasteiger partial charge >= 0.3 is 0 Å². The Balaban J connectivity index is 1.78. The Bertz CT molecular complexity index is 1250. The highest BCUT2D eigenvalue weighted by Gasteiger charge is 2.45. The normalized spacial score (nSPS) is 15.8. The first-order valence-electron chi connectivity index (χ1n) is 11.4. The Kier molecular flexibility index (Phi) is 7.62. The molecule has 7 nitrogen and oxygen atoms in total. The molecule has 0 radical (unpaired) electrons. The highest BCUT2D eigenvalue weighted by molar-refractivity contribution is 7.13. The van der Waals surface area contributed by atoms with Crippen LogP contribution in [-0.4, -0.2) is 35.0 Å². The smallest absolute Gasteiger partial charge is 0.296 e. The first-order chi connectivity index (χ1) is 17.0. The number of rotatable bonds is 10. The van der Waals surface area contributed by atoms with Crippen LogP contribution in [0.4, 0.5) is 5.13 Å². The molecule has 0 aliphatic carbocycles. The second-order valence-electron chi connectivity index (χ2n) is 7.75. The third-order valence-corrected chi connectivity index (χ3v) is 6.14. The molecule has 0 spiro atoms. The molecule has 2 aromatic carbocycles. The highest BCUT2D eigenvalue weighted by atomic mass is 32.1. The molecule has 0 fully saturated rings. The first kappa shape index (κ1) is 24.2. The number of anilines is 1. The monoisotopic (exact) mass is 490 g/mol. The molecule has 4 rings (SSSR count). The summed E-state index contributed by atoms with van der Waals surface area (Å²) in [7, 11) is 0. The number of benzene rings is 2. The Labute approximate surface area is 208 Å². The predicted molar refractivity (Wildman–Crippen MR) is 136 cm³/mol. The van der Waals surface area contributed by atoms with Gasteiger partial charge in [0.15, 0.2) is 28.2 Å². The molecule has 8 heteroatoms. The van der Waals surface area contributed by atoms with Gasteiger partial charge in [-0.15, -0.1) is 11.3 Å². The summed E-state index contributed by atoms with van der Waals surface area (Å²) in [6.45, 7) is 4.82. The zero-order valence-corrected chi connectivity index (χ0v) is 20.3. The van der Waals surface area contributed by atoms with Crippen LogP contribution in [0.15, 0.2) is 77.5 Å². The lowest BCUT2D eigenvalue weighted by Gasteiger charge is -2.25. The molecule has 3 aromatic rings. The van der Waals surface area contributed by atoms with Crippen LogP contribution in [0.3, 0.4) is 0 Å². The summed E-state index contributed by atoms with van der Waals surface area (Å²) >= 11 is 1.25. The zero-order chi connectivity index (χ0) is 24.8. The number of hydrogen-bond donors (Lipinski definition) is 1. The van der Waals surface area contributed by atoms with Gasteiger partial charge in [-0.3, -0.25) is 14.5 Å². The number of aliphatic hydroxyl groups is 1. The maximum atomic E-state index is 13.3. The van der Waals surface area contributed by atoms with Gasteiger partial charge < -0.3 is 14.6 Å². The standard InChI is InChI=1S/C27H26N2O5S/c1-3-15-34-21-13-11-19(17-22(21)33-4-2)24-23(20(30)12-10-18-8-6-5-7-9-18)25(31)26(32)29(24)27-28-14-16-35-27/h5-14,16-17,24,31H,3-4,15H2,1-2H3. The van der Waals surface area contributed by atoms with Gasteiger partial charge in [0.05, 0.1) is 24.8 Å². The fraction of sp³-hybridized carbons (Fsp3) is 0.222. The van der Waals surface area contributed by atoms with Crippen LogP contribution in [0, 0.1) is 0 Å². The minimum absolute atomic E-state index is 0.0120. The topological polar surface area (TPSA) is 89.0 Å². The van der Waals surface area contributed by atoms with Crippen molar-refractivity contribution in [1.82, 2.24) is 4.98 Å². The zero-order valence-electron chi connectivity index (χ0n) is 19.5. The number of carbonyl (C=O) groups excluding carboxylic acids is 2. The van der Waals surface area contributed by atoms with E-state index in [2.05, 4.69) is 4.98 Å². The lowest BCUT2D eigenvalue weighted by atomic mass is 9.95. The predicted octanol–water partition coefficient (Wildman–Crippen LogP) is 5.51. The van der Waals surface area contributed by atoms with E-state index in [4.69, 9.17) is 9.47 Å². The van der Waals surface area contributed by atoms with Crippen LogP contribution < -0.4 is 14.4 Å². The molecule has 35 heavy (non-hydrogen) atoms. The van der Waals surface area contributed by atoms with E-state index in [0.717, 1.165) is 12.0 Å². The molecule has 2 heterocycles. The average molecular weight is 491 g/mol. The van der Waals surface area contributed by atoms with Crippen molar-refractivity contribution in [2.75, 3.05) is 18.1 Å². The summed E-state index contributed by atoms with van der Waals surface area (Å²) in [6.07, 6.45) is 5.44. The molecule has 0 saturated carbocycles. The Morgan fingerprint density at radius 1 is 1.14 bits per heavy atom. The maximum Gasteiger partial charge on any atom is 0.296 e. The number of allylic oxidation sites excluding steroid dienone is 1. The second kappa shape index (κ2) is 11.0. The Morgan fingerprint density at radius 3 is 2.63 bits per heavy atom. The van der Waals surface area contributed by atoms with Gasteiger partial charge in [0.2, 0.25) is 0 Å². The summed E-state index contributed by atoms with van der Waals surface area (Å²) in [6, 6.07) is 13.8. The van der Waals surface area contributed by atoms with Crippen LogP contribution in [-0.2, 0) is 9.59 Å². The van der Waals surface area contributed by atoms with Gasteiger partial charge in [-0.25, -0.2) is 4.98 Å². The van der Waals surface area contributed by atoms with E-state index in [1.807, 2.05) is 44.2 Å². The van der Waals surface area contributed by atoms with Crippen LogP contribution in [0.25, 0.3) is 6.08 Å². The lowest BCUT2D eigenvalue weighted by molar-refractivity contribution is -0.117. The number of hydrogen-bond acceptors (Lipinski definition) is 7. The number of carbonyl (C=O) groups is 2. The Morgan fingerprint density at radius 2 is 1.94 bits per heavy atom. The molecule has 0 saturated heterocycles. The van der Waals surface area contributed by atoms with Crippen LogP contribution in [0.2, 0.25) is 0 Å². The summed E-state index contributed by atoms with van der Waals surface area (Å²) < 4.78 is 11.6. The third kappa shape index (κ3) is 5.12. The van der Waals surface area contributed by atoms with Crippen LogP contribution in [0.5, 0.6) is 11.5 Å². The van der Waals surface area contributed by atoms with Gasteiger partial charge in [-0.2, -0.15) is 0 Å². The minimum Gasteiger partial charge on any atom is -0.503 e. The number of ether oxygens (including phenoxy) is 2. The largest absolute Gasteiger partial charge is 0.503 e. The summed E-state index contributed by atoms with van der Waals surface area (Å²) in [5.41, 5.74) is 1.41. The van der Waals surface area contributed by atoms with Gasteiger partial charge in [-0.1, -0.05) is 49.4 Å². The van der Waals surface area contributed by atoms with Crippen molar-refractivity contribution in [3.63, 3.8) is 0 Å². The second-order valence-corrected chi connectivity index (χ2v) is 8.62. The van der Waals surface area contributed by atoms with E-state index in [-0.39, 0.29) is 5.57 Å². The molecule has 1 N–H and O–H groups in total. The number of thiazole rings is 1. The van der Waals surface area contributed by atoms with E-state index >= 15 is 0 Å². The van der Waals surface area contributed by atoms with Crippen molar-refractivity contribution >= 4 is 34.2 Å². The number of nitrogens with zero attached hydrogens (tertiary/aromatic N) is 2. The van der Waals surface area contributed by atoms with Gasteiger partial charge in [0, 0.05) is 11.6 Å². The van der Waals surface area contributed by atoms with Crippen molar-refractivity contribution in [2.24, 2.45) is 0 Å². The number of ketones is 1. The van der Waals surface area contributed by atoms with Crippen LogP contribution >= 0.6 is 11.3 Å². The molecular weight excluding hydrogens is 464 g/mol. The molecule has 1 aliphatic heterocycles. The van der Waals surface area contributed by atoms with E-state index < -0.39 is 23.5 Å². The first-order valence-corrected chi connectivity index (χ1v) is 12.3. The molecule has 1 atom stereocenters. The lowest BCUT2D eigenvalue weighted by Crippen LogP contribution is -2.30. The average Bonchev–Trinajstić information content (AvgIpc) is 3.49. The molecule has 1 aliphatic rings. The Hall–Kier alpha value is -3.91. The van der Waals surface area contributed by atoms with Crippen molar-refractivity contribution in [2.45, 2.75) is 26.3 Å². The van der Waals surface area contributed by atoms with Gasteiger partial charge in [0.25, 0.3) is 5.91 Å². The fourth-order valence-corrected chi connectivity index (χ4v) is 4.49. The summed E-state index contributed by atoms with van der Waals surface area (Å²) in [5, 5.41) is 12.9. The number of aliphatic hydroxyl groups excluding tert-OH is 1. The van der Waals surface area contributed by atoms with Crippen molar-refractivity contribution in [3.8, 4) is 11.5 Å². The van der Waals surface area contributed by atoms with Crippen molar-refractivity contribution in [3.05, 3.63) is 88.6 Å². The van der Waals surface area contributed by atoms with E-state index in [1.54, 1.807) is 35.9 Å². The quantitative estimate of drug-likeness (QED) is 0.377. The van der Waals surface area contributed by atoms with E-state index in [1.165, 1.54) is 22.3 Å². The fourth-order valence-electron chi connectivity index (χ4n) is 3.82. The summed E-state index contributed by atoms with van der Waals surface area (Å²) in [5.74, 6) is -0.647. The van der Waals surface area contributed by atoms with Crippen molar-refractivity contribution in [1.29, 1.82) is 0 Å². The summed E-state index contributed by atoms with van der Waals surface area (Å²) in [4.78, 5) is 32.1. The number of amides is 1. The van der Waals surface area contributed by atoms with E-state index in [0.29, 0.717) is 35.4 Å². The highest BCUT2D eigenvalue weighted by Crippen LogP contribution is 2.43. The van der Waals surface area contributed by atoms with E-state index in [9.17, 15) is 14.7 Å². The molecule has 1 unspecified atom stereocenters.